The number of fused-ring (bicyclic) bond motifs is 5. The summed E-state index contributed by atoms with van der Waals surface area (Å²) in [4.78, 5) is 47.8. The maximum absolute atomic E-state index is 14.2. The van der Waals surface area contributed by atoms with E-state index in [1.165, 1.54) is 6.92 Å². The number of ketones is 3. The molecule has 1 aliphatic carbocycles. The first-order valence-electron chi connectivity index (χ1n) is 10.8. The normalized spacial score (nSPS) is 24.1. The summed E-state index contributed by atoms with van der Waals surface area (Å²) in [5, 5.41) is 0.578. The average Bonchev–Trinajstić information content (AvgIpc) is 3.26. The Balaban J connectivity index is 1.68. The SMILES string of the molecule is CC(=O)[C@@H]1[C@H](c2cccnc2)C2(C(=O)c3ccccc3C2=O)[C@H]2C=Cc3cc(Cl)ccc3N12. The van der Waals surface area contributed by atoms with Crippen molar-refractivity contribution in [3.05, 3.63) is 100 Å². The van der Waals surface area contributed by atoms with E-state index in [4.69, 9.17) is 11.6 Å². The molecule has 0 unspecified atom stereocenters. The zero-order valence-corrected chi connectivity index (χ0v) is 18.5. The second-order valence-electron chi connectivity index (χ2n) is 8.81. The standard InChI is InChI=1S/C27H19ClN2O3/c1-15(31)24-23(17-5-4-12-29-14-17)27(25(32)19-6-2-3-7-20(19)26(27)33)22-11-8-16-13-18(28)9-10-21(16)30(22)24/h2-14,22-24H,1H3/t22-,23+,24-/m1/s1. The number of benzene rings is 2. The summed E-state index contributed by atoms with van der Waals surface area (Å²) in [5.74, 6) is -1.28. The number of Topliss-reactive ketones (excluding diaryl/α,β-unsaturated/α-hetero) is 3. The van der Waals surface area contributed by atoms with Crippen molar-refractivity contribution in [1.29, 1.82) is 0 Å². The summed E-state index contributed by atoms with van der Waals surface area (Å²) in [7, 11) is 0. The number of hydrogen-bond donors (Lipinski definition) is 0. The van der Waals surface area contributed by atoms with Gasteiger partial charge in [0.2, 0.25) is 0 Å². The van der Waals surface area contributed by atoms with Crippen LogP contribution in [0, 0.1) is 5.41 Å². The third-order valence-corrected chi connectivity index (χ3v) is 7.46. The molecule has 162 valence electrons. The Kier molecular flexibility index (Phi) is 4.23. The monoisotopic (exact) mass is 454 g/mol. The topological polar surface area (TPSA) is 67.3 Å². The molecule has 1 fully saturated rings. The lowest BCUT2D eigenvalue weighted by atomic mass is 9.64. The van der Waals surface area contributed by atoms with Gasteiger partial charge in [-0.25, -0.2) is 0 Å². The predicted molar refractivity (Wildman–Crippen MR) is 126 cm³/mol. The molecule has 6 heteroatoms. The fourth-order valence-electron chi connectivity index (χ4n) is 6.03. The number of nitrogens with zero attached hydrogens (tertiary/aromatic N) is 2. The van der Waals surface area contributed by atoms with Crippen LogP contribution in [-0.4, -0.2) is 34.4 Å². The molecule has 0 bridgehead atoms. The lowest BCUT2D eigenvalue weighted by Gasteiger charge is -2.37. The van der Waals surface area contributed by atoms with Gasteiger partial charge in [-0.2, -0.15) is 0 Å². The molecule has 5 nitrogen and oxygen atoms in total. The van der Waals surface area contributed by atoms with Gasteiger partial charge in [0.05, 0.1) is 12.1 Å². The molecule has 0 radical (unpaired) electrons. The van der Waals surface area contributed by atoms with Gasteiger partial charge in [-0.3, -0.25) is 19.4 Å². The van der Waals surface area contributed by atoms with E-state index in [1.807, 2.05) is 35.3 Å². The Morgan fingerprint density at radius 2 is 1.76 bits per heavy atom. The second-order valence-corrected chi connectivity index (χ2v) is 9.24. The molecule has 1 saturated heterocycles. The predicted octanol–water partition coefficient (Wildman–Crippen LogP) is 4.76. The zero-order chi connectivity index (χ0) is 22.9. The quantitative estimate of drug-likeness (QED) is 0.522. The molecule has 2 aliphatic heterocycles. The Morgan fingerprint density at radius 3 is 2.39 bits per heavy atom. The van der Waals surface area contributed by atoms with Crippen molar-refractivity contribution < 1.29 is 14.4 Å². The van der Waals surface area contributed by atoms with Crippen molar-refractivity contribution in [3.63, 3.8) is 0 Å². The van der Waals surface area contributed by atoms with Crippen molar-refractivity contribution in [1.82, 2.24) is 4.98 Å². The van der Waals surface area contributed by atoms with Crippen LogP contribution < -0.4 is 4.90 Å². The van der Waals surface area contributed by atoms with Crippen LogP contribution in [0.3, 0.4) is 0 Å². The van der Waals surface area contributed by atoms with Gasteiger partial charge in [-0.1, -0.05) is 54.1 Å². The molecule has 1 aromatic heterocycles. The minimum absolute atomic E-state index is 0.113. The van der Waals surface area contributed by atoms with Gasteiger partial charge in [0.15, 0.2) is 17.3 Å². The minimum Gasteiger partial charge on any atom is -0.352 e. The Morgan fingerprint density at radius 1 is 1.03 bits per heavy atom. The van der Waals surface area contributed by atoms with Crippen LogP contribution in [0.5, 0.6) is 0 Å². The molecule has 2 aromatic carbocycles. The van der Waals surface area contributed by atoms with Gasteiger partial charge in [0, 0.05) is 40.1 Å². The van der Waals surface area contributed by atoms with Crippen LogP contribution in [0.1, 0.15) is 44.7 Å². The Hall–Kier alpha value is -3.57. The van der Waals surface area contributed by atoms with E-state index >= 15 is 0 Å². The lowest BCUT2D eigenvalue weighted by molar-refractivity contribution is -0.118. The van der Waals surface area contributed by atoms with Crippen molar-refractivity contribution in [2.75, 3.05) is 4.90 Å². The highest BCUT2D eigenvalue weighted by molar-refractivity contribution is 6.32. The minimum atomic E-state index is -1.46. The van der Waals surface area contributed by atoms with Crippen molar-refractivity contribution in [2.24, 2.45) is 5.41 Å². The second kappa shape index (κ2) is 6.96. The smallest absolute Gasteiger partial charge is 0.180 e. The maximum Gasteiger partial charge on any atom is 0.180 e. The first kappa shape index (κ1) is 20.1. The van der Waals surface area contributed by atoms with Gasteiger partial charge >= 0.3 is 0 Å². The number of hydrogen-bond acceptors (Lipinski definition) is 5. The highest BCUT2D eigenvalue weighted by atomic mass is 35.5. The summed E-state index contributed by atoms with van der Waals surface area (Å²) in [6.45, 7) is 1.52. The van der Waals surface area contributed by atoms with E-state index in [9.17, 15) is 14.4 Å². The maximum atomic E-state index is 14.2. The van der Waals surface area contributed by atoms with E-state index in [0.717, 1.165) is 11.3 Å². The van der Waals surface area contributed by atoms with E-state index in [-0.39, 0.29) is 17.3 Å². The number of pyridine rings is 1. The molecular weight excluding hydrogens is 436 g/mol. The van der Waals surface area contributed by atoms with Crippen molar-refractivity contribution in [2.45, 2.75) is 24.9 Å². The van der Waals surface area contributed by atoms with Crippen LogP contribution in [-0.2, 0) is 4.79 Å². The van der Waals surface area contributed by atoms with Crippen LogP contribution in [0.15, 0.2) is 73.1 Å². The molecule has 1 spiro atoms. The summed E-state index contributed by atoms with van der Waals surface area (Å²) >= 11 is 6.24. The fraction of sp³-hybridized carbons (Fsp3) is 0.185. The highest BCUT2D eigenvalue weighted by Crippen LogP contribution is 2.60. The molecule has 0 saturated carbocycles. The van der Waals surface area contributed by atoms with Crippen LogP contribution in [0.4, 0.5) is 5.69 Å². The average molecular weight is 455 g/mol. The molecule has 3 heterocycles. The lowest BCUT2D eigenvalue weighted by Crippen LogP contribution is -2.48. The zero-order valence-electron chi connectivity index (χ0n) is 17.7. The van der Waals surface area contributed by atoms with Crippen LogP contribution in [0.25, 0.3) is 6.08 Å². The first-order valence-corrected chi connectivity index (χ1v) is 11.2. The molecule has 6 rings (SSSR count). The molecule has 3 atom stereocenters. The van der Waals surface area contributed by atoms with Crippen molar-refractivity contribution >= 4 is 40.7 Å². The summed E-state index contributed by atoms with van der Waals surface area (Å²) in [5.41, 5.74) is 1.70. The summed E-state index contributed by atoms with van der Waals surface area (Å²) in [6, 6.07) is 14.7. The van der Waals surface area contributed by atoms with E-state index in [2.05, 4.69) is 4.98 Å². The number of anilines is 1. The number of halogens is 1. The first-order chi connectivity index (χ1) is 16.0. The van der Waals surface area contributed by atoms with Crippen molar-refractivity contribution in [3.8, 4) is 0 Å². The number of rotatable bonds is 2. The van der Waals surface area contributed by atoms with Gasteiger partial charge in [0.25, 0.3) is 0 Å². The van der Waals surface area contributed by atoms with E-state index in [0.29, 0.717) is 21.7 Å². The number of carbonyl (C=O) groups excluding carboxylic acids is 3. The number of carbonyl (C=O) groups is 3. The largest absolute Gasteiger partial charge is 0.352 e. The summed E-state index contributed by atoms with van der Waals surface area (Å²) in [6.07, 6.45) is 7.09. The number of aromatic nitrogens is 1. The van der Waals surface area contributed by atoms with Gasteiger partial charge in [-0.05, 0) is 42.3 Å². The van der Waals surface area contributed by atoms with E-state index < -0.39 is 23.4 Å². The summed E-state index contributed by atoms with van der Waals surface area (Å²) < 4.78 is 0. The third kappa shape index (κ3) is 2.48. The Bertz CT molecular complexity index is 1350. The Labute approximate surface area is 195 Å². The molecule has 3 aromatic rings. The highest BCUT2D eigenvalue weighted by Gasteiger charge is 2.71. The molecular formula is C27H19ClN2O3. The van der Waals surface area contributed by atoms with Crippen LogP contribution in [0.2, 0.25) is 5.02 Å². The molecule has 0 amide bonds. The van der Waals surface area contributed by atoms with Gasteiger partial charge in [-0.15, -0.1) is 0 Å². The molecule has 3 aliphatic rings. The molecule has 0 N–H and O–H groups in total. The van der Waals surface area contributed by atoms with Crippen LogP contribution >= 0.6 is 11.6 Å². The van der Waals surface area contributed by atoms with E-state index in [1.54, 1.807) is 48.8 Å². The van der Waals surface area contributed by atoms with Gasteiger partial charge < -0.3 is 4.90 Å². The third-order valence-electron chi connectivity index (χ3n) is 7.23. The van der Waals surface area contributed by atoms with Gasteiger partial charge in [0.1, 0.15) is 5.41 Å². The molecule has 33 heavy (non-hydrogen) atoms. The fourth-order valence-corrected chi connectivity index (χ4v) is 6.21.